The highest BCUT2D eigenvalue weighted by Gasteiger charge is 1.88. The van der Waals surface area contributed by atoms with Crippen LogP contribution < -0.4 is 5.32 Å². The van der Waals surface area contributed by atoms with Crippen molar-refractivity contribution in [3.8, 4) is 0 Å². The van der Waals surface area contributed by atoms with E-state index in [1.165, 1.54) is 0 Å². The monoisotopic (exact) mass is 212 g/mol. The van der Waals surface area contributed by atoms with Gasteiger partial charge in [-0.15, -0.1) is 24.8 Å². The number of nitrogens with zero attached hydrogens (tertiary/aromatic N) is 1. The van der Waals surface area contributed by atoms with Crippen molar-refractivity contribution in [2.75, 3.05) is 13.5 Å². The predicted molar refractivity (Wildman–Crippen MR) is 56.4 cm³/mol. The average molecular weight is 213 g/mol. The predicted octanol–water partition coefficient (Wildman–Crippen LogP) is 1.69. The molecule has 1 rings (SSSR count). The smallest absolute Gasteiger partial charge is 0.0416 e. The molecule has 1 aromatic rings. The van der Waals surface area contributed by atoms with E-state index in [0.29, 0.717) is 13.0 Å². The SMILES string of the molecule is Cl.Cl.[2H][13C]([2H])([2H])NCCc1ccccn1. The Labute approximate surface area is 89.8 Å². The normalized spacial score (nSPS) is 12.8. The fraction of sp³-hybridized carbons (Fsp3) is 0.375. The van der Waals surface area contributed by atoms with Gasteiger partial charge in [-0.05, 0) is 19.1 Å². The minimum absolute atomic E-state index is 0. The summed E-state index contributed by atoms with van der Waals surface area (Å²) in [5.41, 5.74) is 0.902. The maximum absolute atomic E-state index is 6.90. The van der Waals surface area contributed by atoms with Gasteiger partial charge < -0.3 is 5.32 Å². The highest BCUT2D eigenvalue weighted by Crippen LogP contribution is 1.92. The number of likely N-dealkylation sites (N-methyl/N-ethyl adjacent to an activating group) is 1. The van der Waals surface area contributed by atoms with E-state index in [0.717, 1.165) is 5.69 Å². The van der Waals surface area contributed by atoms with E-state index in [1.54, 1.807) is 6.20 Å². The van der Waals surface area contributed by atoms with Crippen molar-refractivity contribution in [2.24, 2.45) is 0 Å². The summed E-state index contributed by atoms with van der Waals surface area (Å²) in [4.78, 5) is 4.07. The van der Waals surface area contributed by atoms with Crippen LogP contribution in [0.25, 0.3) is 0 Å². The molecule has 1 heterocycles. The molecule has 1 N–H and O–H groups in total. The highest BCUT2D eigenvalue weighted by molar-refractivity contribution is 5.85. The van der Waals surface area contributed by atoms with Crippen LogP contribution in [-0.4, -0.2) is 18.5 Å². The van der Waals surface area contributed by atoms with Crippen molar-refractivity contribution in [2.45, 2.75) is 6.42 Å². The Hall–Kier alpha value is -0.310. The van der Waals surface area contributed by atoms with E-state index in [4.69, 9.17) is 4.11 Å². The lowest BCUT2D eigenvalue weighted by Crippen LogP contribution is -2.10. The van der Waals surface area contributed by atoms with Crippen LogP contribution in [-0.2, 0) is 6.42 Å². The fourth-order valence-electron chi connectivity index (χ4n) is 0.737. The van der Waals surface area contributed by atoms with Crippen molar-refractivity contribution < 1.29 is 4.11 Å². The van der Waals surface area contributed by atoms with Gasteiger partial charge in [0.15, 0.2) is 0 Å². The molecule has 0 spiro atoms. The zero-order valence-electron chi connectivity index (χ0n) is 9.49. The van der Waals surface area contributed by atoms with Gasteiger partial charge in [-0.2, -0.15) is 0 Å². The minimum atomic E-state index is -2.05. The van der Waals surface area contributed by atoms with Crippen molar-refractivity contribution in [3.63, 3.8) is 0 Å². The van der Waals surface area contributed by atoms with Crippen molar-refractivity contribution >= 4 is 24.8 Å². The Morgan fingerprint density at radius 1 is 1.50 bits per heavy atom. The Balaban J connectivity index is 0. The number of aromatic nitrogens is 1. The van der Waals surface area contributed by atoms with E-state index in [-0.39, 0.29) is 24.8 Å². The largest absolute Gasteiger partial charge is 0.319 e. The van der Waals surface area contributed by atoms with Crippen molar-refractivity contribution in [3.05, 3.63) is 30.1 Å². The second-order valence-corrected chi connectivity index (χ2v) is 2.00. The summed E-state index contributed by atoms with van der Waals surface area (Å²) >= 11 is 0. The molecule has 0 saturated heterocycles. The molecule has 0 radical (unpaired) electrons. The van der Waals surface area contributed by atoms with Gasteiger partial charge in [-0.1, -0.05) is 6.07 Å². The molecule has 0 fully saturated rings. The molecular formula is C8H14Cl2N2. The molecule has 0 bridgehead atoms. The molecule has 4 heteroatoms. The summed E-state index contributed by atoms with van der Waals surface area (Å²) in [5, 5.41) is 2.43. The van der Waals surface area contributed by atoms with Gasteiger partial charge in [0.05, 0.1) is 0 Å². The van der Waals surface area contributed by atoms with E-state index in [1.807, 2.05) is 18.2 Å². The molecule has 0 saturated carbocycles. The molecule has 0 aliphatic rings. The van der Waals surface area contributed by atoms with Crippen LogP contribution in [0.3, 0.4) is 0 Å². The van der Waals surface area contributed by atoms with E-state index < -0.39 is 6.98 Å². The van der Waals surface area contributed by atoms with Crippen LogP contribution >= 0.6 is 24.8 Å². The first kappa shape index (κ1) is 8.30. The second kappa shape index (κ2) is 8.78. The minimum Gasteiger partial charge on any atom is -0.319 e. The zero-order valence-corrected chi connectivity index (χ0v) is 8.12. The Kier molecular flexibility index (Phi) is 6.07. The molecule has 0 unspecified atom stereocenters. The summed E-state index contributed by atoms with van der Waals surface area (Å²) in [6.07, 6.45) is 2.34. The topological polar surface area (TPSA) is 24.9 Å². The number of nitrogens with one attached hydrogen (secondary N) is 1. The second-order valence-electron chi connectivity index (χ2n) is 2.00. The first-order chi connectivity index (χ1) is 6.08. The summed E-state index contributed by atoms with van der Waals surface area (Å²) in [7, 11) is 0. The zero-order chi connectivity index (χ0) is 9.73. The van der Waals surface area contributed by atoms with Gasteiger partial charge in [0.2, 0.25) is 0 Å². The lowest BCUT2D eigenvalue weighted by Gasteiger charge is -1.96. The van der Waals surface area contributed by atoms with Crippen molar-refractivity contribution in [1.82, 2.24) is 10.3 Å². The molecule has 2 nitrogen and oxygen atoms in total. The van der Waals surface area contributed by atoms with Crippen LogP contribution in [0.4, 0.5) is 0 Å². The first-order valence-corrected chi connectivity index (χ1v) is 3.23. The third kappa shape index (κ3) is 5.35. The fourth-order valence-corrected chi connectivity index (χ4v) is 0.737. The van der Waals surface area contributed by atoms with Crippen LogP contribution in [0.5, 0.6) is 0 Å². The van der Waals surface area contributed by atoms with Crippen LogP contribution in [0.1, 0.15) is 9.81 Å². The summed E-state index contributed by atoms with van der Waals surface area (Å²) in [6.45, 7) is -1.62. The number of hydrogen-bond acceptors (Lipinski definition) is 2. The molecule has 12 heavy (non-hydrogen) atoms. The molecular weight excluding hydrogens is 196 g/mol. The van der Waals surface area contributed by atoms with Gasteiger partial charge in [0, 0.05) is 29.0 Å². The number of rotatable bonds is 3. The van der Waals surface area contributed by atoms with Gasteiger partial charge in [0.25, 0.3) is 0 Å². The molecule has 1 aromatic heterocycles. The number of hydrogen-bond donors (Lipinski definition) is 1. The lowest BCUT2D eigenvalue weighted by atomic mass is 10.3. The van der Waals surface area contributed by atoms with Gasteiger partial charge in [-0.3, -0.25) is 4.98 Å². The third-order valence-electron chi connectivity index (χ3n) is 1.23. The molecule has 0 aromatic carbocycles. The number of pyridine rings is 1. The van der Waals surface area contributed by atoms with E-state index >= 15 is 0 Å². The van der Waals surface area contributed by atoms with Gasteiger partial charge >= 0.3 is 0 Å². The quantitative estimate of drug-likeness (QED) is 0.773. The van der Waals surface area contributed by atoms with Gasteiger partial charge in [-0.25, -0.2) is 0 Å². The number of halogens is 2. The first-order valence-electron chi connectivity index (χ1n) is 4.73. The summed E-state index contributed by atoms with van der Waals surface area (Å²) in [6, 6.07) is 5.60. The Bertz CT molecular complexity index is 254. The van der Waals surface area contributed by atoms with Gasteiger partial charge in [0.1, 0.15) is 0 Å². The Morgan fingerprint density at radius 2 is 2.33 bits per heavy atom. The molecule has 0 atom stereocenters. The van der Waals surface area contributed by atoms with Crippen LogP contribution in [0.2, 0.25) is 0 Å². The molecule has 0 aliphatic carbocycles. The highest BCUT2D eigenvalue weighted by atomic mass is 35.5. The van der Waals surface area contributed by atoms with Crippen LogP contribution in [0.15, 0.2) is 24.4 Å². The lowest BCUT2D eigenvalue weighted by molar-refractivity contribution is 0.776. The third-order valence-corrected chi connectivity index (χ3v) is 1.23. The summed E-state index contributed by atoms with van der Waals surface area (Å²) < 4.78 is 20.7. The molecule has 70 valence electrons. The van der Waals surface area contributed by atoms with E-state index in [2.05, 4.69) is 10.3 Å². The Morgan fingerprint density at radius 3 is 2.92 bits per heavy atom. The molecule has 0 amide bonds. The molecule has 0 aliphatic heterocycles. The van der Waals surface area contributed by atoms with E-state index in [9.17, 15) is 0 Å². The standard InChI is InChI=1S/C8H12N2.2ClH/c1-9-7-5-8-4-2-3-6-10-8;;/h2-4,6,9H,5,7H2,1H3;2*1H/i1+1D3;;. The van der Waals surface area contributed by atoms with Crippen molar-refractivity contribution in [1.29, 1.82) is 0 Å². The summed E-state index contributed by atoms with van der Waals surface area (Å²) in [5.74, 6) is 0. The maximum atomic E-state index is 6.90. The maximum Gasteiger partial charge on any atom is 0.0416 e. The average Bonchev–Trinajstić information content (AvgIpc) is 2.04. The van der Waals surface area contributed by atoms with Crippen LogP contribution in [0, 0.1) is 0 Å².